The lowest BCUT2D eigenvalue weighted by Gasteiger charge is -2.20. The van der Waals surface area contributed by atoms with Crippen molar-refractivity contribution in [2.45, 2.75) is 66.7 Å². The van der Waals surface area contributed by atoms with Crippen LogP contribution in [0.4, 0.5) is 0 Å². The van der Waals surface area contributed by atoms with Crippen LogP contribution >= 0.6 is 0 Å². The van der Waals surface area contributed by atoms with Gasteiger partial charge in [0.05, 0.1) is 0 Å². The van der Waals surface area contributed by atoms with Gasteiger partial charge in [0.1, 0.15) is 6.29 Å². The molecule has 17 heavy (non-hydrogen) atoms. The summed E-state index contributed by atoms with van der Waals surface area (Å²) in [6.07, 6.45) is 10.8. The van der Waals surface area contributed by atoms with Gasteiger partial charge in [-0.3, -0.25) is 0 Å². The zero-order valence-electron chi connectivity index (χ0n) is 12.2. The molecule has 0 spiro atoms. The topological polar surface area (TPSA) is 17.1 Å². The van der Waals surface area contributed by atoms with Gasteiger partial charge in [0.15, 0.2) is 0 Å². The first-order valence-corrected chi connectivity index (χ1v) is 6.60. The summed E-state index contributed by atoms with van der Waals surface area (Å²) in [6.45, 7) is 10.8. The van der Waals surface area contributed by atoms with Gasteiger partial charge in [-0.1, -0.05) is 37.1 Å². The molecule has 0 rings (SSSR count). The fourth-order valence-electron chi connectivity index (χ4n) is 1.73. The SMILES string of the molecule is CC(C)=CCC/C(C)=C/CCC(C)(C)CC=O. The van der Waals surface area contributed by atoms with Crippen molar-refractivity contribution in [2.24, 2.45) is 5.41 Å². The number of hydrogen-bond donors (Lipinski definition) is 0. The summed E-state index contributed by atoms with van der Waals surface area (Å²) in [5.41, 5.74) is 3.01. The second-order valence-electron chi connectivity index (χ2n) is 5.94. The number of rotatable bonds is 8. The Hall–Kier alpha value is -0.850. The Morgan fingerprint density at radius 3 is 2.24 bits per heavy atom. The molecule has 0 aliphatic carbocycles. The zero-order valence-corrected chi connectivity index (χ0v) is 12.2. The van der Waals surface area contributed by atoms with E-state index in [2.05, 4.69) is 46.8 Å². The lowest BCUT2D eigenvalue weighted by molar-refractivity contribution is -0.109. The fraction of sp³-hybridized carbons (Fsp3) is 0.688. The number of carbonyl (C=O) groups is 1. The minimum Gasteiger partial charge on any atom is -0.303 e. The smallest absolute Gasteiger partial charge is 0.120 e. The van der Waals surface area contributed by atoms with E-state index < -0.39 is 0 Å². The first-order chi connectivity index (χ1) is 7.87. The summed E-state index contributed by atoms with van der Waals surface area (Å²) >= 11 is 0. The van der Waals surface area contributed by atoms with Crippen molar-refractivity contribution in [3.8, 4) is 0 Å². The average molecular weight is 236 g/mol. The Morgan fingerprint density at radius 2 is 1.71 bits per heavy atom. The Bertz CT molecular complexity index is 278. The number of carbonyl (C=O) groups excluding carboxylic acids is 1. The van der Waals surface area contributed by atoms with E-state index >= 15 is 0 Å². The van der Waals surface area contributed by atoms with E-state index in [0.29, 0.717) is 6.42 Å². The molecule has 0 aliphatic heterocycles. The molecule has 0 radical (unpaired) electrons. The monoisotopic (exact) mass is 236 g/mol. The quantitative estimate of drug-likeness (QED) is 0.424. The van der Waals surface area contributed by atoms with Gasteiger partial charge < -0.3 is 4.79 Å². The van der Waals surface area contributed by atoms with Crippen LogP contribution in [0.25, 0.3) is 0 Å². The molecule has 0 amide bonds. The van der Waals surface area contributed by atoms with Crippen molar-refractivity contribution in [1.29, 1.82) is 0 Å². The van der Waals surface area contributed by atoms with Crippen LogP contribution in [0, 0.1) is 5.41 Å². The van der Waals surface area contributed by atoms with Crippen molar-refractivity contribution in [1.82, 2.24) is 0 Å². The van der Waals surface area contributed by atoms with Crippen LogP contribution < -0.4 is 0 Å². The lowest BCUT2D eigenvalue weighted by Crippen LogP contribution is -2.11. The van der Waals surface area contributed by atoms with Crippen molar-refractivity contribution in [3.63, 3.8) is 0 Å². The van der Waals surface area contributed by atoms with E-state index in [9.17, 15) is 4.79 Å². The second kappa shape index (κ2) is 8.27. The molecule has 0 aliphatic rings. The minimum atomic E-state index is 0.151. The second-order valence-corrected chi connectivity index (χ2v) is 5.94. The van der Waals surface area contributed by atoms with Crippen molar-refractivity contribution in [3.05, 3.63) is 23.3 Å². The summed E-state index contributed by atoms with van der Waals surface area (Å²) < 4.78 is 0. The molecule has 0 fully saturated rings. The average Bonchev–Trinajstić information content (AvgIpc) is 2.16. The van der Waals surface area contributed by atoms with E-state index in [1.165, 1.54) is 11.1 Å². The van der Waals surface area contributed by atoms with Gasteiger partial charge in [-0.2, -0.15) is 0 Å². The maximum Gasteiger partial charge on any atom is 0.120 e. The fourth-order valence-corrected chi connectivity index (χ4v) is 1.73. The highest BCUT2D eigenvalue weighted by atomic mass is 16.1. The summed E-state index contributed by atoms with van der Waals surface area (Å²) in [7, 11) is 0. The van der Waals surface area contributed by atoms with Crippen LogP contribution in [0.5, 0.6) is 0 Å². The highest BCUT2D eigenvalue weighted by Crippen LogP contribution is 2.26. The number of hydrogen-bond acceptors (Lipinski definition) is 1. The minimum absolute atomic E-state index is 0.151. The molecule has 98 valence electrons. The van der Waals surface area contributed by atoms with Gasteiger partial charge in [0.2, 0.25) is 0 Å². The van der Waals surface area contributed by atoms with Crippen LogP contribution in [0.15, 0.2) is 23.3 Å². The van der Waals surface area contributed by atoms with E-state index in [1.54, 1.807) is 0 Å². The molecule has 0 aromatic heterocycles. The third kappa shape index (κ3) is 10.0. The normalized spacial score (nSPS) is 12.4. The summed E-state index contributed by atoms with van der Waals surface area (Å²) in [4.78, 5) is 10.5. The molecule has 0 bridgehead atoms. The molecule has 0 saturated carbocycles. The van der Waals surface area contributed by atoms with Gasteiger partial charge in [0.25, 0.3) is 0 Å². The van der Waals surface area contributed by atoms with E-state index in [-0.39, 0.29) is 5.41 Å². The predicted octanol–water partition coefficient (Wildman–Crippen LogP) is 5.07. The van der Waals surface area contributed by atoms with Gasteiger partial charge in [-0.15, -0.1) is 0 Å². The first kappa shape index (κ1) is 16.1. The van der Waals surface area contributed by atoms with Crippen LogP contribution in [0.1, 0.15) is 66.7 Å². The lowest BCUT2D eigenvalue weighted by atomic mass is 9.85. The summed E-state index contributed by atoms with van der Waals surface area (Å²) in [5.74, 6) is 0. The molecule has 0 aromatic rings. The van der Waals surface area contributed by atoms with Crippen LogP contribution in [0.3, 0.4) is 0 Å². The van der Waals surface area contributed by atoms with E-state index in [4.69, 9.17) is 0 Å². The zero-order chi connectivity index (χ0) is 13.3. The third-order valence-electron chi connectivity index (χ3n) is 3.04. The molecule has 0 saturated heterocycles. The van der Waals surface area contributed by atoms with Gasteiger partial charge in [-0.25, -0.2) is 0 Å². The van der Waals surface area contributed by atoms with E-state index in [0.717, 1.165) is 32.0 Å². The van der Waals surface area contributed by atoms with Gasteiger partial charge in [-0.05, 0) is 51.9 Å². The molecular formula is C16H28O. The number of allylic oxidation sites excluding steroid dienone is 4. The highest BCUT2D eigenvalue weighted by molar-refractivity contribution is 5.50. The Labute approximate surface area is 107 Å². The standard InChI is InChI=1S/C16H28O/c1-14(2)8-6-9-15(3)10-7-11-16(4,5)12-13-17/h8,10,13H,6-7,9,11-12H2,1-5H3/b15-10+. The van der Waals surface area contributed by atoms with Gasteiger partial charge >= 0.3 is 0 Å². The number of aldehydes is 1. The Morgan fingerprint density at radius 1 is 1.06 bits per heavy atom. The summed E-state index contributed by atoms with van der Waals surface area (Å²) in [6, 6.07) is 0. The Balaban J connectivity index is 3.91. The van der Waals surface area contributed by atoms with E-state index in [1.807, 2.05) is 0 Å². The molecular weight excluding hydrogens is 208 g/mol. The van der Waals surface area contributed by atoms with Crippen molar-refractivity contribution < 1.29 is 4.79 Å². The van der Waals surface area contributed by atoms with Crippen LogP contribution in [0.2, 0.25) is 0 Å². The van der Waals surface area contributed by atoms with Crippen LogP contribution in [-0.2, 0) is 4.79 Å². The van der Waals surface area contributed by atoms with Crippen molar-refractivity contribution >= 4 is 6.29 Å². The van der Waals surface area contributed by atoms with Crippen molar-refractivity contribution in [2.75, 3.05) is 0 Å². The maximum atomic E-state index is 10.5. The summed E-state index contributed by atoms with van der Waals surface area (Å²) in [5, 5.41) is 0. The highest BCUT2D eigenvalue weighted by Gasteiger charge is 2.15. The first-order valence-electron chi connectivity index (χ1n) is 6.60. The Kier molecular flexibility index (Phi) is 7.86. The molecule has 0 heterocycles. The molecule has 0 N–H and O–H groups in total. The predicted molar refractivity (Wildman–Crippen MR) is 76.1 cm³/mol. The van der Waals surface area contributed by atoms with Crippen LogP contribution in [-0.4, -0.2) is 6.29 Å². The maximum absolute atomic E-state index is 10.5. The largest absolute Gasteiger partial charge is 0.303 e. The third-order valence-corrected chi connectivity index (χ3v) is 3.04. The molecule has 0 atom stereocenters. The van der Waals surface area contributed by atoms with Gasteiger partial charge in [0, 0.05) is 6.42 Å². The molecule has 0 unspecified atom stereocenters. The molecule has 1 heteroatoms. The molecule has 0 aromatic carbocycles. The molecule has 1 nitrogen and oxygen atoms in total.